The molecule has 0 fully saturated rings. The van der Waals surface area contributed by atoms with E-state index in [1.165, 1.54) is 0 Å². The van der Waals surface area contributed by atoms with Crippen LogP contribution in [0.3, 0.4) is 0 Å². The van der Waals surface area contributed by atoms with Crippen molar-refractivity contribution in [2.45, 2.75) is 59.4 Å². The smallest absolute Gasteiger partial charge is 0.126 e. The second-order valence-electron chi connectivity index (χ2n) is 5.62. The molecule has 4 heteroatoms. The van der Waals surface area contributed by atoms with Crippen LogP contribution in [0.2, 0.25) is 0 Å². The van der Waals surface area contributed by atoms with E-state index in [-0.39, 0.29) is 5.41 Å². The summed E-state index contributed by atoms with van der Waals surface area (Å²) in [5.41, 5.74) is 7.39. The molecule has 0 amide bonds. The highest BCUT2D eigenvalue weighted by atomic mass is 32.2. The lowest BCUT2D eigenvalue weighted by Crippen LogP contribution is -2.19. The standard InChI is InChI=1S/C14H27N3S/c1-6-9-17-12(15)11(8-10-18-7-2)16-13(17)14(3,4)5/h6-10,15H2,1-5H3. The molecule has 0 aliphatic heterocycles. The maximum atomic E-state index is 6.26. The van der Waals surface area contributed by atoms with Gasteiger partial charge in [0.15, 0.2) is 0 Å². The van der Waals surface area contributed by atoms with Crippen LogP contribution >= 0.6 is 11.8 Å². The molecule has 0 radical (unpaired) electrons. The van der Waals surface area contributed by atoms with Gasteiger partial charge in [0.05, 0.1) is 5.69 Å². The summed E-state index contributed by atoms with van der Waals surface area (Å²) in [5.74, 6) is 4.26. The summed E-state index contributed by atoms with van der Waals surface area (Å²) in [7, 11) is 0. The Morgan fingerprint density at radius 2 is 1.94 bits per heavy atom. The van der Waals surface area contributed by atoms with Gasteiger partial charge >= 0.3 is 0 Å². The van der Waals surface area contributed by atoms with Gasteiger partial charge in [-0.15, -0.1) is 0 Å². The topological polar surface area (TPSA) is 43.8 Å². The molecule has 0 unspecified atom stereocenters. The highest BCUT2D eigenvalue weighted by molar-refractivity contribution is 7.99. The maximum absolute atomic E-state index is 6.26. The summed E-state index contributed by atoms with van der Waals surface area (Å²) >= 11 is 1.94. The van der Waals surface area contributed by atoms with Crippen LogP contribution in [-0.2, 0) is 18.4 Å². The Balaban J connectivity index is 2.99. The number of nitrogen functional groups attached to an aromatic ring is 1. The van der Waals surface area contributed by atoms with Crippen molar-refractivity contribution < 1.29 is 0 Å². The summed E-state index contributed by atoms with van der Waals surface area (Å²) in [6.07, 6.45) is 2.07. The first-order valence-corrected chi connectivity index (χ1v) is 8.00. The average molecular weight is 269 g/mol. The quantitative estimate of drug-likeness (QED) is 0.804. The summed E-state index contributed by atoms with van der Waals surface area (Å²) in [6, 6.07) is 0. The monoisotopic (exact) mass is 269 g/mol. The molecule has 1 rings (SSSR count). The predicted molar refractivity (Wildman–Crippen MR) is 82.3 cm³/mol. The molecule has 0 saturated heterocycles. The number of hydrogen-bond donors (Lipinski definition) is 1. The molecule has 2 N–H and O–H groups in total. The van der Waals surface area contributed by atoms with Gasteiger partial charge in [0.1, 0.15) is 11.6 Å². The van der Waals surface area contributed by atoms with Crippen molar-refractivity contribution in [2.75, 3.05) is 17.2 Å². The first-order chi connectivity index (χ1) is 8.41. The van der Waals surface area contributed by atoms with Gasteiger partial charge in [-0.1, -0.05) is 34.6 Å². The highest BCUT2D eigenvalue weighted by Gasteiger charge is 2.24. The van der Waals surface area contributed by atoms with E-state index in [4.69, 9.17) is 10.7 Å². The molecule has 0 aliphatic rings. The van der Waals surface area contributed by atoms with Crippen LogP contribution in [0.4, 0.5) is 5.82 Å². The Kier molecular flexibility index (Phi) is 5.57. The minimum absolute atomic E-state index is 0.0550. The summed E-state index contributed by atoms with van der Waals surface area (Å²) in [6.45, 7) is 11.9. The molecule has 104 valence electrons. The molecule has 1 aromatic rings. The molecule has 0 aromatic carbocycles. The fraction of sp³-hybridized carbons (Fsp3) is 0.786. The van der Waals surface area contributed by atoms with Gasteiger partial charge in [0, 0.05) is 18.4 Å². The van der Waals surface area contributed by atoms with Crippen LogP contribution in [-0.4, -0.2) is 21.1 Å². The number of anilines is 1. The van der Waals surface area contributed by atoms with E-state index in [2.05, 4.69) is 39.2 Å². The number of aryl methyl sites for hydroxylation is 1. The second-order valence-corrected chi connectivity index (χ2v) is 7.01. The molecule has 1 aromatic heterocycles. The Hall–Kier alpha value is -0.640. The number of rotatable bonds is 6. The Bertz CT molecular complexity index is 377. The van der Waals surface area contributed by atoms with Crippen molar-refractivity contribution in [3.63, 3.8) is 0 Å². The maximum Gasteiger partial charge on any atom is 0.126 e. The van der Waals surface area contributed by atoms with Gasteiger partial charge in [0.2, 0.25) is 0 Å². The molecule has 0 atom stereocenters. The van der Waals surface area contributed by atoms with E-state index >= 15 is 0 Å². The normalized spacial score (nSPS) is 12.1. The summed E-state index contributed by atoms with van der Waals surface area (Å²) in [4.78, 5) is 4.80. The van der Waals surface area contributed by atoms with E-state index in [0.29, 0.717) is 0 Å². The lowest BCUT2D eigenvalue weighted by molar-refractivity contribution is 0.497. The van der Waals surface area contributed by atoms with Gasteiger partial charge in [0.25, 0.3) is 0 Å². The minimum atomic E-state index is 0.0550. The molecule has 0 spiro atoms. The number of nitrogens with zero attached hydrogens (tertiary/aromatic N) is 2. The summed E-state index contributed by atoms with van der Waals surface area (Å²) < 4.78 is 2.20. The fourth-order valence-corrected chi connectivity index (χ4v) is 2.66. The van der Waals surface area contributed by atoms with Crippen LogP contribution in [0.25, 0.3) is 0 Å². The van der Waals surface area contributed by atoms with Crippen molar-refractivity contribution >= 4 is 17.6 Å². The van der Waals surface area contributed by atoms with Gasteiger partial charge in [-0.3, -0.25) is 0 Å². The molecule has 3 nitrogen and oxygen atoms in total. The first-order valence-electron chi connectivity index (χ1n) is 6.84. The number of thioether (sulfide) groups is 1. The van der Waals surface area contributed by atoms with Crippen molar-refractivity contribution in [3.8, 4) is 0 Å². The van der Waals surface area contributed by atoms with Gasteiger partial charge in [-0.05, 0) is 17.9 Å². The van der Waals surface area contributed by atoms with Crippen LogP contribution < -0.4 is 5.73 Å². The highest BCUT2D eigenvalue weighted by Crippen LogP contribution is 2.27. The number of imidazole rings is 1. The first kappa shape index (κ1) is 15.4. The predicted octanol–water partition coefficient (Wildman–Crippen LogP) is 3.47. The third kappa shape index (κ3) is 3.67. The van der Waals surface area contributed by atoms with E-state index in [1.807, 2.05) is 11.8 Å². The molecule has 1 heterocycles. The third-order valence-corrected chi connectivity index (χ3v) is 3.79. The minimum Gasteiger partial charge on any atom is -0.384 e. The molecule has 0 aliphatic carbocycles. The largest absolute Gasteiger partial charge is 0.384 e. The van der Waals surface area contributed by atoms with Crippen LogP contribution in [0.5, 0.6) is 0 Å². The van der Waals surface area contributed by atoms with Crippen molar-refractivity contribution in [1.82, 2.24) is 9.55 Å². The van der Waals surface area contributed by atoms with E-state index in [9.17, 15) is 0 Å². The van der Waals surface area contributed by atoms with E-state index < -0.39 is 0 Å². The summed E-state index contributed by atoms with van der Waals surface area (Å²) in [5, 5.41) is 0. The number of aromatic nitrogens is 2. The van der Waals surface area contributed by atoms with Crippen LogP contribution in [0.15, 0.2) is 0 Å². The lowest BCUT2D eigenvalue weighted by atomic mass is 9.95. The Morgan fingerprint density at radius 3 is 2.44 bits per heavy atom. The van der Waals surface area contributed by atoms with E-state index in [0.717, 1.165) is 48.2 Å². The fourth-order valence-electron chi connectivity index (χ4n) is 2.04. The van der Waals surface area contributed by atoms with Crippen molar-refractivity contribution in [1.29, 1.82) is 0 Å². The van der Waals surface area contributed by atoms with Gasteiger partial charge in [-0.25, -0.2) is 4.98 Å². The third-order valence-electron chi connectivity index (χ3n) is 2.89. The van der Waals surface area contributed by atoms with E-state index in [1.54, 1.807) is 0 Å². The average Bonchev–Trinajstić information content (AvgIpc) is 2.58. The molecule has 0 bridgehead atoms. The SMILES string of the molecule is CCCn1c(C(C)(C)C)nc(CCSCC)c1N. The lowest BCUT2D eigenvalue weighted by Gasteiger charge is -2.19. The zero-order valence-electron chi connectivity index (χ0n) is 12.4. The number of nitrogens with two attached hydrogens (primary N) is 1. The van der Waals surface area contributed by atoms with Gasteiger partial charge < -0.3 is 10.3 Å². The molecule has 0 saturated carbocycles. The van der Waals surface area contributed by atoms with Crippen LogP contribution in [0, 0.1) is 0 Å². The Morgan fingerprint density at radius 1 is 1.28 bits per heavy atom. The molecule has 18 heavy (non-hydrogen) atoms. The number of hydrogen-bond acceptors (Lipinski definition) is 3. The van der Waals surface area contributed by atoms with Crippen LogP contribution in [0.1, 0.15) is 52.6 Å². The zero-order chi connectivity index (χ0) is 13.8. The van der Waals surface area contributed by atoms with Crippen molar-refractivity contribution in [2.24, 2.45) is 0 Å². The Labute approximate surface area is 116 Å². The second kappa shape index (κ2) is 6.50. The van der Waals surface area contributed by atoms with Gasteiger partial charge in [-0.2, -0.15) is 11.8 Å². The molecular formula is C14H27N3S. The van der Waals surface area contributed by atoms with Crippen molar-refractivity contribution in [3.05, 3.63) is 11.5 Å². The zero-order valence-corrected chi connectivity index (χ0v) is 13.2. The molecular weight excluding hydrogens is 242 g/mol.